The molecule has 5 nitrogen and oxygen atoms in total. The lowest BCUT2D eigenvalue weighted by Crippen LogP contribution is -2.35. The summed E-state index contributed by atoms with van der Waals surface area (Å²) in [5, 5.41) is 11.1. The van der Waals surface area contributed by atoms with E-state index in [-0.39, 0.29) is 0 Å². The van der Waals surface area contributed by atoms with Crippen LogP contribution in [0.3, 0.4) is 0 Å². The van der Waals surface area contributed by atoms with Gasteiger partial charge < -0.3 is 15.3 Å². The molecule has 2 heterocycles. The van der Waals surface area contributed by atoms with Gasteiger partial charge >= 0.3 is 6.09 Å². The van der Waals surface area contributed by atoms with Gasteiger partial charge in [-0.1, -0.05) is 44.2 Å². The highest BCUT2D eigenvalue weighted by Gasteiger charge is 2.20. The molecule has 0 unspecified atom stereocenters. The summed E-state index contributed by atoms with van der Waals surface area (Å²) in [6.45, 7) is 6.89. The molecule has 1 aliphatic heterocycles. The average Bonchev–Trinajstić information content (AvgIpc) is 2.68. The van der Waals surface area contributed by atoms with Crippen LogP contribution in [0.1, 0.15) is 44.6 Å². The SMILES string of the molecule is CC(C)c1ccc(-c2cccc(N3CCC(CCNC(=O)O)CC3)n2)cc1. The summed E-state index contributed by atoms with van der Waals surface area (Å²) in [7, 11) is 0. The number of carbonyl (C=O) groups is 1. The van der Waals surface area contributed by atoms with Gasteiger partial charge in [-0.25, -0.2) is 9.78 Å². The molecule has 1 aromatic heterocycles. The van der Waals surface area contributed by atoms with Crippen LogP contribution in [0.4, 0.5) is 10.6 Å². The van der Waals surface area contributed by atoms with Crippen LogP contribution in [0.5, 0.6) is 0 Å². The standard InChI is InChI=1S/C22H29N3O2/c1-16(2)18-6-8-19(9-7-18)20-4-3-5-21(24-20)25-14-11-17(12-15-25)10-13-23-22(26)27/h3-9,16-17,23H,10-15H2,1-2H3,(H,26,27). The molecule has 27 heavy (non-hydrogen) atoms. The van der Waals surface area contributed by atoms with Crippen LogP contribution in [-0.2, 0) is 0 Å². The molecule has 0 bridgehead atoms. The highest BCUT2D eigenvalue weighted by Crippen LogP contribution is 2.27. The second-order valence-electron chi connectivity index (χ2n) is 7.61. The van der Waals surface area contributed by atoms with Gasteiger partial charge in [0.1, 0.15) is 5.82 Å². The van der Waals surface area contributed by atoms with Crippen LogP contribution in [-0.4, -0.2) is 35.8 Å². The smallest absolute Gasteiger partial charge is 0.404 e. The molecule has 0 aliphatic carbocycles. The van der Waals surface area contributed by atoms with Gasteiger partial charge in [0, 0.05) is 25.2 Å². The van der Waals surface area contributed by atoms with E-state index in [4.69, 9.17) is 10.1 Å². The maximum absolute atomic E-state index is 10.6. The first-order valence-electron chi connectivity index (χ1n) is 9.82. The number of piperidine rings is 1. The van der Waals surface area contributed by atoms with Gasteiger partial charge in [-0.3, -0.25) is 0 Å². The van der Waals surface area contributed by atoms with Crippen molar-refractivity contribution in [3.05, 3.63) is 48.0 Å². The summed E-state index contributed by atoms with van der Waals surface area (Å²) in [6, 6.07) is 14.9. The van der Waals surface area contributed by atoms with Crippen molar-refractivity contribution in [1.29, 1.82) is 0 Å². The van der Waals surface area contributed by atoms with Crippen LogP contribution in [0.25, 0.3) is 11.3 Å². The van der Waals surface area contributed by atoms with Gasteiger partial charge in [0.15, 0.2) is 0 Å². The molecule has 0 spiro atoms. The van der Waals surface area contributed by atoms with Crippen LogP contribution in [0, 0.1) is 5.92 Å². The number of aromatic nitrogens is 1. The van der Waals surface area contributed by atoms with E-state index in [1.807, 2.05) is 0 Å². The number of amides is 1. The fourth-order valence-electron chi connectivity index (χ4n) is 3.63. The maximum atomic E-state index is 10.6. The molecule has 2 N–H and O–H groups in total. The highest BCUT2D eigenvalue weighted by atomic mass is 16.4. The summed E-state index contributed by atoms with van der Waals surface area (Å²) in [4.78, 5) is 17.8. The molecular weight excluding hydrogens is 338 g/mol. The predicted octanol–water partition coefficient (Wildman–Crippen LogP) is 4.75. The summed E-state index contributed by atoms with van der Waals surface area (Å²) < 4.78 is 0. The zero-order chi connectivity index (χ0) is 19.2. The molecule has 1 aliphatic rings. The van der Waals surface area contributed by atoms with Crippen molar-refractivity contribution < 1.29 is 9.90 Å². The first kappa shape index (κ1) is 19.2. The largest absolute Gasteiger partial charge is 0.465 e. The lowest BCUT2D eigenvalue weighted by atomic mass is 9.93. The van der Waals surface area contributed by atoms with E-state index in [0.29, 0.717) is 18.4 Å². The Bertz CT molecular complexity index is 750. The minimum Gasteiger partial charge on any atom is -0.465 e. The highest BCUT2D eigenvalue weighted by molar-refractivity contribution is 5.64. The molecule has 144 valence electrons. The van der Waals surface area contributed by atoms with E-state index >= 15 is 0 Å². The maximum Gasteiger partial charge on any atom is 0.404 e. The Hall–Kier alpha value is -2.56. The van der Waals surface area contributed by atoms with Gasteiger partial charge in [-0.05, 0) is 48.8 Å². The number of benzene rings is 1. The van der Waals surface area contributed by atoms with E-state index in [1.165, 1.54) is 5.56 Å². The summed E-state index contributed by atoms with van der Waals surface area (Å²) in [5.74, 6) is 2.15. The van der Waals surface area contributed by atoms with Gasteiger partial charge in [-0.15, -0.1) is 0 Å². The fourth-order valence-corrected chi connectivity index (χ4v) is 3.63. The second kappa shape index (κ2) is 8.89. The van der Waals surface area contributed by atoms with Crippen LogP contribution in [0.15, 0.2) is 42.5 Å². The van der Waals surface area contributed by atoms with E-state index in [1.54, 1.807) is 0 Å². The molecule has 1 saturated heterocycles. The van der Waals surface area contributed by atoms with Gasteiger partial charge in [0.25, 0.3) is 0 Å². The molecule has 3 rings (SSSR count). The number of nitrogens with zero attached hydrogens (tertiary/aromatic N) is 2. The Kier molecular flexibility index (Phi) is 6.32. The van der Waals surface area contributed by atoms with Crippen molar-refractivity contribution in [2.75, 3.05) is 24.5 Å². The summed E-state index contributed by atoms with van der Waals surface area (Å²) >= 11 is 0. The van der Waals surface area contributed by atoms with Gasteiger partial charge in [0.05, 0.1) is 5.69 Å². The molecule has 2 aromatic rings. The number of pyridine rings is 1. The fraction of sp³-hybridized carbons (Fsp3) is 0.455. The van der Waals surface area contributed by atoms with Crippen LogP contribution >= 0.6 is 0 Å². The van der Waals surface area contributed by atoms with E-state index < -0.39 is 6.09 Å². The quantitative estimate of drug-likeness (QED) is 0.773. The molecule has 1 amide bonds. The Labute approximate surface area is 161 Å². The lowest BCUT2D eigenvalue weighted by molar-refractivity contribution is 0.193. The third-order valence-electron chi connectivity index (χ3n) is 5.37. The van der Waals surface area contributed by atoms with Crippen molar-refractivity contribution in [2.45, 2.75) is 39.0 Å². The van der Waals surface area contributed by atoms with Gasteiger partial charge in [0.2, 0.25) is 0 Å². The molecule has 1 aromatic carbocycles. The number of hydrogen-bond donors (Lipinski definition) is 2. The Morgan fingerprint density at radius 3 is 2.52 bits per heavy atom. The molecule has 1 fully saturated rings. The molecular formula is C22H29N3O2. The number of carboxylic acid groups (broad SMARTS) is 1. The molecule has 0 atom stereocenters. The third kappa shape index (κ3) is 5.22. The number of rotatable bonds is 6. The van der Waals surface area contributed by atoms with E-state index in [2.05, 4.69) is 66.5 Å². The van der Waals surface area contributed by atoms with Crippen molar-refractivity contribution in [3.8, 4) is 11.3 Å². The predicted molar refractivity (Wildman–Crippen MR) is 109 cm³/mol. The van der Waals surface area contributed by atoms with E-state index in [0.717, 1.165) is 49.4 Å². The number of nitrogens with one attached hydrogen (secondary N) is 1. The molecule has 0 radical (unpaired) electrons. The average molecular weight is 367 g/mol. The van der Waals surface area contributed by atoms with E-state index in [9.17, 15) is 4.79 Å². The van der Waals surface area contributed by atoms with Crippen LogP contribution in [0.2, 0.25) is 0 Å². The Morgan fingerprint density at radius 2 is 1.89 bits per heavy atom. The minimum absolute atomic E-state index is 0.533. The van der Waals surface area contributed by atoms with Crippen molar-refractivity contribution in [3.63, 3.8) is 0 Å². The zero-order valence-corrected chi connectivity index (χ0v) is 16.2. The van der Waals surface area contributed by atoms with Gasteiger partial charge in [-0.2, -0.15) is 0 Å². The van der Waals surface area contributed by atoms with Crippen LogP contribution < -0.4 is 10.2 Å². The first-order valence-corrected chi connectivity index (χ1v) is 9.82. The Morgan fingerprint density at radius 1 is 1.19 bits per heavy atom. The minimum atomic E-state index is -0.935. The Balaban J connectivity index is 1.60. The molecule has 5 heteroatoms. The first-order chi connectivity index (χ1) is 13.0. The second-order valence-corrected chi connectivity index (χ2v) is 7.61. The van der Waals surface area contributed by atoms with Crippen molar-refractivity contribution in [2.24, 2.45) is 5.92 Å². The normalized spacial score (nSPS) is 15.1. The van der Waals surface area contributed by atoms with Crippen molar-refractivity contribution >= 4 is 11.9 Å². The van der Waals surface area contributed by atoms with Crippen molar-refractivity contribution in [1.82, 2.24) is 10.3 Å². The summed E-state index contributed by atoms with van der Waals surface area (Å²) in [6.07, 6.45) is 2.14. The molecule has 0 saturated carbocycles. The monoisotopic (exact) mass is 367 g/mol. The zero-order valence-electron chi connectivity index (χ0n) is 16.2. The number of anilines is 1. The lowest BCUT2D eigenvalue weighted by Gasteiger charge is -2.33. The topological polar surface area (TPSA) is 65.5 Å². The third-order valence-corrected chi connectivity index (χ3v) is 5.37. The number of hydrogen-bond acceptors (Lipinski definition) is 3. The summed E-state index contributed by atoms with van der Waals surface area (Å²) in [5.41, 5.74) is 3.50.